The minimum absolute atomic E-state index is 0.152. The zero-order valence-electron chi connectivity index (χ0n) is 11.9. The Balaban J connectivity index is 2.32. The molecule has 0 bridgehead atoms. The van der Waals surface area contributed by atoms with Crippen molar-refractivity contribution in [1.29, 1.82) is 0 Å². The van der Waals surface area contributed by atoms with Crippen LogP contribution in [0.25, 0.3) is 0 Å². The summed E-state index contributed by atoms with van der Waals surface area (Å²) in [6.45, 7) is 0. The van der Waals surface area contributed by atoms with Crippen LogP contribution in [-0.4, -0.2) is 29.6 Å². The molecule has 0 aromatic heterocycles. The molecule has 19 heavy (non-hydrogen) atoms. The summed E-state index contributed by atoms with van der Waals surface area (Å²) in [5.41, 5.74) is 0.782. The van der Waals surface area contributed by atoms with Gasteiger partial charge in [0.2, 0.25) is 0 Å². The number of hydrogen-bond donors (Lipinski definition) is 1. The number of rotatable bonds is 3. The van der Waals surface area contributed by atoms with Gasteiger partial charge in [-0.1, -0.05) is 49.4 Å². The predicted molar refractivity (Wildman–Crippen MR) is 80.5 cm³/mol. The van der Waals surface area contributed by atoms with E-state index in [2.05, 4.69) is 19.0 Å². The van der Waals surface area contributed by atoms with E-state index in [0.29, 0.717) is 5.02 Å². The molecule has 1 aliphatic carbocycles. The van der Waals surface area contributed by atoms with Crippen LogP contribution in [0.5, 0.6) is 0 Å². The van der Waals surface area contributed by atoms with Crippen LogP contribution in [0.15, 0.2) is 24.3 Å². The monoisotopic (exact) mass is 281 g/mol. The summed E-state index contributed by atoms with van der Waals surface area (Å²) in [5.74, 6) is 0. The lowest BCUT2D eigenvalue weighted by Crippen LogP contribution is -2.49. The van der Waals surface area contributed by atoms with E-state index >= 15 is 0 Å². The molecule has 0 radical (unpaired) electrons. The lowest BCUT2D eigenvalue weighted by molar-refractivity contribution is -0.0198. The third kappa shape index (κ3) is 3.13. The van der Waals surface area contributed by atoms with Crippen LogP contribution < -0.4 is 0 Å². The number of likely N-dealkylation sites (N-methyl/N-ethyl adjacent to an activating group) is 1. The number of aliphatic hydroxyl groups excluding tert-OH is 1. The molecule has 1 aromatic carbocycles. The van der Waals surface area contributed by atoms with Gasteiger partial charge in [0.15, 0.2) is 0 Å². The van der Waals surface area contributed by atoms with Gasteiger partial charge in [0.05, 0.1) is 11.6 Å². The highest BCUT2D eigenvalue weighted by atomic mass is 35.5. The molecule has 0 amide bonds. The fraction of sp³-hybridized carbons (Fsp3) is 0.625. The largest absolute Gasteiger partial charge is 0.386 e. The van der Waals surface area contributed by atoms with E-state index in [1.807, 2.05) is 24.3 Å². The first-order valence-electron chi connectivity index (χ1n) is 7.17. The number of aliphatic hydroxyl groups is 1. The van der Waals surface area contributed by atoms with Crippen LogP contribution >= 0.6 is 11.6 Å². The fourth-order valence-electron chi connectivity index (χ4n) is 3.29. The minimum atomic E-state index is -0.473. The maximum Gasteiger partial charge on any atom is 0.0973 e. The highest BCUT2D eigenvalue weighted by molar-refractivity contribution is 6.30. The van der Waals surface area contributed by atoms with Crippen LogP contribution in [0.2, 0.25) is 5.02 Å². The van der Waals surface area contributed by atoms with Crippen molar-refractivity contribution in [3.8, 4) is 0 Å². The summed E-state index contributed by atoms with van der Waals surface area (Å²) < 4.78 is 0. The molecule has 1 aromatic rings. The number of halogens is 1. The maximum atomic E-state index is 10.9. The van der Waals surface area contributed by atoms with Gasteiger partial charge in [-0.05, 0) is 44.6 Å². The van der Waals surface area contributed by atoms with Crippen molar-refractivity contribution in [2.75, 3.05) is 14.1 Å². The Morgan fingerprint density at radius 3 is 2.32 bits per heavy atom. The Kier molecular flexibility index (Phi) is 4.88. The molecule has 3 heteroatoms. The quantitative estimate of drug-likeness (QED) is 0.846. The molecular weight excluding hydrogens is 258 g/mol. The Morgan fingerprint density at radius 2 is 1.79 bits per heavy atom. The molecule has 0 spiro atoms. The first kappa shape index (κ1) is 14.8. The lowest BCUT2D eigenvalue weighted by atomic mass is 9.80. The third-order valence-electron chi connectivity index (χ3n) is 4.53. The van der Waals surface area contributed by atoms with Crippen molar-refractivity contribution in [2.24, 2.45) is 0 Å². The topological polar surface area (TPSA) is 23.5 Å². The van der Waals surface area contributed by atoms with Crippen LogP contribution in [0.1, 0.15) is 50.2 Å². The van der Waals surface area contributed by atoms with Crippen LogP contribution in [-0.2, 0) is 0 Å². The van der Waals surface area contributed by atoms with Gasteiger partial charge in [0, 0.05) is 5.02 Å². The molecule has 2 nitrogen and oxygen atoms in total. The summed E-state index contributed by atoms with van der Waals surface area (Å²) >= 11 is 6.06. The smallest absolute Gasteiger partial charge is 0.0973 e. The average Bonchev–Trinajstić information content (AvgIpc) is 2.64. The normalized spacial score (nSPS) is 21.1. The lowest BCUT2D eigenvalue weighted by Gasteiger charge is -2.43. The molecule has 1 N–H and O–H groups in total. The van der Waals surface area contributed by atoms with E-state index in [4.69, 9.17) is 11.6 Å². The van der Waals surface area contributed by atoms with E-state index in [1.54, 1.807) is 0 Å². The number of nitrogens with zero attached hydrogens (tertiary/aromatic N) is 1. The molecule has 1 fully saturated rings. The summed E-state index contributed by atoms with van der Waals surface area (Å²) in [5, 5.41) is 11.6. The van der Waals surface area contributed by atoms with E-state index in [-0.39, 0.29) is 5.54 Å². The molecule has 0 saturated heterocycles. The van der Waals surface area contributed by atoms with E-state index in [9.17, 15) is 5.11 Å². The molecular formula is C16H24ClNO. The van der Waals surface area contributed by atoms with E-state index in [1.165, 1.54) is 25.7 Å². The summed E-state index contributed by atoms with van der Waals surface area (Å²) in [7, 11) is 4.16. The molecule has 0 aliphatic heterocycles. The van der Waals surface area contributed by atoms with Crippen LogP contribution in [0.4, 0.5) is 0 Å². The van der Waals surface area contributed by atoms with E-state index < -0.39 is 6.10 Å². The van der Waals surface area contributed by atoms with Gasteiger partial charge < -0.3 is 10.0 Å². The predicted octanol–water partition coefficient (Wildman–Crippen LogP) is 4.03. The van der Waals surface area contributed by atoms with Gasteiger partial charge in [0.25, 0.3) is 0 Å². The van der Waals surface area contributed by atoms with Gasteiger partial charge in [0.1, 0.15) is 0 Å². The fourth-order valence-corrected chi connectivity index (χ4v) is 3.49. The number of benzene rings is 1. The molecule has 106 valence electrons. The van der Waals surface area contributed by atoms with Crippen molar-refractivity contribution in [3.63, 3.8) is 0 Å². The highest BCUT2D eigenvalue weighted by Crippen LogP contribution is 2.41. The first-order valence-corrected chi connectivity index (χ1v) is 7.55. The van der Waals surface area contributed by atoms with Gasteiger partial charge in [-0.2, -0.15) is 0 Å². The molecule has 1 aliphatic rings. The maximum absolute atomic E-state index is 10.9. The molecule has 1 unspecified atom stereocenters. The Labute approximate surface area is 121 Å². The van der Waals surface area contributed by atoms with Crippen LogP contribution in [0.3, 0.4) is 0 Å². The molecule has 1 atom stereocenters. The second kappa shape index (κ2) is 6.25. The highest BCUT2D eigenvalue weighted by Gasteiger charge is 2.40. The molecule has 0 heterocycles. The zero-order valence-corrected chi connectivity index (χ0v) is 12.7. The molecule has 1 saturated carbocycles. The van der Waals surface area contributed by atoms with Gasteiger partial charge in [-0.3, -0.25) is 0 Å². The summed E-state index contributed by atoms with van der Waals surface area (Å²) in [6.07, 6.45) is 6.56. The second-order valence-corrected chi connectivity index (χ2v) is 6.31. The standard InChI is InChI=1S/C16H24ClNO/c1-18(2)16(10-5-3-4-6-11-16)15(19)13-8-7-9-14(17)12-13/h7-9,12,15,19H,3-6,10-11H2,1-2H3. The Hall–Kier alpha value is -0.570. The second-order valence-electron chi connectivity index (χ2n) is 5.87. The van der Waals surface area contributed by atoms with Gasteiger partial charge >= 0.3 is 0 Å². The summed E-state index contributed by atoms with van der Waals surface area (Å²) in [6, 6.07) is 7.64. The third-order valence-corrected chi connectivity index (χ3v) is 4.77. The first-order chi connectivity index (χ1) is 9.06. The zero-order chi connectivity index (χ0) is 13.9. The average molecular weight is 282 g/mol. The van der Waals surface area contributed by atoms with E-state index in [0.717, 1.165) is 18.4 Å². The Bertz CT molecular complexity index is 411. The van der Waals surface area contributed by atoms with Crippen molar-refractivity contribution < 1.29 is 5.11 Å². The van der Waals surface area contributed by atoms with Gasteiger partial charge in [-0.25, -0.2) is 0 Å². The SMILES string of the molecule is CN(C)C1(C(O)c2cccc(Cl)c2)CCCCCC1. The van der Waals surface area contributed by atoms with Crippen molar-refractivity contribution >= 4 is 11.6 Å². The van der Waals surface area contributed by atoms with Gasteiger partial charge in [-0.15, -0.1) is 0 Å². The number of hydrogen-bond acceptors (Lipinski definition) is 2. The minimum Gasteiger partial charge on any atom is -0.386 e. The Morgan fingerprint density at radius 1 is 1.16 bits per heavy atom. The summed E-state index contributed by atoms with van der Waals surface area (Å²) in [4.78, 5) is 2.21. The molecule has 2 rings (SSSR count). The van der Waals surface area contributed by atoms with Crippen molar-refractivity contribution in [1.82, 2.24) is 4.90 Å². The van der Waals surface area contributed by atoms with Crippen LogP contribution in [0, 0.1) is 0 Å². The van der Waals surface area contributed by atoms with Crippen molar-refractivity contribution in [2.45, 2.75) is 50.2 Å². The van der Waals surface area contributed by atoms with Crippen molar-refractivity contribution in [3.05, 3.63) is 34.9 Å².